The van der Waals surface area contributed by atoms with Gasteiger partial charge in [-0.05, 0) is 31.2 Å². The van der Waals surface area contributed by atoms with Crippen LogP contribution in [0.3, 0.4) is 0 Å². The average Bonchev–Trinajstić information content (AvgIpc) is 2.94. The maximum Gasteiger partial charge on any atom is 0.231 e. The molecule has 0 radical (unpaired) electrons. The fourth-order valence-electron chi connectivity index (χ4n) is 2.10. The van der Waals surface area contributed by atoms with E-state index in [-0.39, 0.29) is 6.79 Å². The molecular weight excluding hydrogens is 270 g/mol. The molecule has 5 heteroatoms. The standard InChI is InChI=1S/C16H13NO4/c1-10(18)13-4-2-11(8-17)6-15(13)21-12-3-5-14-16(7-12)20-9-19-14/h2-7,10,18H,9H2,1H3. The van der Waals surface area contributed by atoms with Gasteiger partial charge in [-0.15, -0.1) is 0 Å². The number of rotatable bonds is 3. The van der Waals surface area contributed by atoms with Crippen molar-refractivity contribution in [1.82, 2.24) is 0 Å². The summed E-state index contributed by atoms with van der Waals surface area (Å²) in [5.41, 5.74) is 1.09. The molecule has 0 saturated carbocycles. The predicted molar refractivity (Wildman–Crippen MR) is 74.4 cm³/mol. The van der Waals surface area contributed by atoms with Crippen molar-refractivity contribution in [3.8, 4) is 29.1 Å². The Balaban J connectivity index is 1.95. The summed E-state index contributed by atoms with van der Waals surface area (Å²) in [5, 5.41) is 18.8. The maximum absolute atomic E-state index is 9.79. The third kappa shape index (κ3) is 2.62. The van der Waals surface area contributed by atoms with Crippen molar-refractivity contribution < 1.29 is 19.3 Å². The molecule has 0 bridgehead atoms. The SMILES string of the molecule is CC(O)c1ccc(C#N)cc1Oc1ccc2c(c1)OCO2. The van der Waals surface area contributed by atoms with E-state index in [1.165, 1.54) is 0 Å². The lowest BCUT2D eigenvalue weighted by Crippen LogP contribution is -1.97. The van der Waals surface area contributed by atoms with Crippen LogP contribution in [0.5, 0.6) is 23.0 Å². The second-order valence-corrected chi connectivity index (χ2v) is 4.66. The summed E-state index contributed by atoms with van der Waals surface area (Å²) in [5.74, 6) is 2.28. The van der Waals surface area contributed by atoms with Crippen LogP contribution in [0.25, 0.3) is 0 Å². The smallest absolute Gasteiger partial charge is 0.231 e. The summed E-state index contributed by atoms with van der Waals surface area (Å²) in [7, 11) is 0. The lowest BCUT2D eigenvalue weighted by Gasteiger charge is -2.13. The Morgan fingerprint density at radius 1 is 1.19 bits per heavy atom. The van der Waals surface area contributed by atoms with Gasteiger partial charge in [-0.2, -0.15) is 5.26 Å². The Bertz CT molecular complexity index is 719. The quantitative estimate of drug-likeness (QED) is 0.937. The predicted octanol–water partition coefficient (Wildman–Crippen LogP) is 3.13. The fraction of sp³-hybridized carbons (Fsp3) is 0.188. The number of hydrogen-bond acceptors (Lipinski definition) is 5. The van der Waals surface area contributed by atoms with E-state index in [2.05, 4.69) is 6.07 Å². The van der Waals surface area contributed by atoms with Gasteiger partial charge in [0.2, 0.25) is 6.79 Å². The molecule has 0 amide bonds. The van der Waals surface area contributed by atoms with Crippen LogP contribution in [-0.2, 0) is 0 Å². The molecule has 1 N–H and O–H groups in total. The molecule has 5 nitrogen and oxygen atoms in total. The second kappa shape index (κ2) is 5.35. The molecule has 21 heavy (non-hydrogen) atoms. The van der Waals surface area contributed by atoms with Crippen molar-refractivity contribution in [2.45, 2.75) is 13.0 Å². The molecule has 1 atom stereocenters. The zero-order valence-electron chi connectivity index (χ0n) is 11.4. The monoisotopic (exact) mass is 283 g/mol. The number of aliphatic hydroxyl groups is 1. The minimum atomic E-state index is -0.693. The number of hydrogen-bond donors (Lipinski definition) is 1. The normalized spacial score (nSPS) is 13.6. The number of ether oxygens (including phenoxy) is 3. The molecule has 1 unspecified atom stereocenters. The van der Waals surface area contributed by atoms with Crippen LogP contribution < -0.4 is 14.2 Å². The van der Waals surface area contributed by atoms with Crippen molar-refractivity contribution in [1.29, 1.82) is 5.26 Å². The summed E-state index contributed by atoms with van der Waals surface area (Å²) in [6, 6.07) is 12.2. The van der Waals surface area contributed by atoms with Crippen LogP contribution >= 0.6 is 0 Å². The Labute approximate surface area is 121 Å². The summed E-state index contributed by atoms with van der Waals surface area (Å²) in [6.45, 7) is 1.84. The van der Waals surface area contributed by atoms with E-state index in [4.69, 9.17) is 19.5 Å². The Morgan fingerprint density at radius 3 is 2.76 bits per heavy atom. The Morgan fingerprint density at radius 2 is 2.00 bits per heavy atom. The van der Waals surface area contributed by atoms with Gasteiger partial charge in [0.1, 0.15) is 11.5 Å². The highest BCUT2D eigenvalue weighted by atomic mass is 16.7. The van der Waals surface area contributed by atoms with Crippen molar-refractivity contribution >= 4 is 0 Å². The van der Waals surface area contributed by atoms with Gasteiger partial charge in [0.15, 0.2) is 11.5 Å². The molecule has 0 fully saturated rings. The van der Waals surface area contributed by atoms with Gasteiger partial charge < -0.3 is 19.3 Å². The van der Waals surface area contributed by atoms with Gasteiger partial charge in [0.25, 0.3) is 0 Å². The molecule has 106 valence electrons. The van der Waals surface area contributed by atoms with Crippen molar-refractivity contribution in [3.63, 3.8) is 0 Å². The van der Waals surface area contributed by atoms with E-state index in [0.717, 1.165) is 0 Å². The van der Waals surface area contributed by atoms with E-state index in [0.29, 0.717) is 34.1 Å². The third-order valence-electron chi connectivity index (χ3n) is 3.16. The van der Waals surface area contributed by atoms with Gasteiger partial charge in [0, 0.05) is 11.6 Å². The first kappa shape index (κ1) is 13.3. The van der Waals surface area contributed by atoms with E-state index < -0.39 is 6.10 Å². The first-order valence-corrected chi connectivity index (χ1v) is 6.47. The number of benzene rings is 2. The van der Waals surface area contributed by atoms with E-state index >= 15 is 0 Å². The van der Waals surface area contributed by atoms with Crippen LogP contribution in [0.1, 0.15) is 24.2 Å². The molecule has 2 aromatic carbocycles. The van der Waals surface area contributed by atoms with Crippen molar-refractivity contribution in [2.75, 3.05) is 6.79 Å². The van der Waals surface area contributed by atoms with Crippen molar-refractivity contribution in [2.24, 2.45) is 0 Å². The molecule has 2 aromatic rings. The number of nitrogens with zero attached hydrogens (tertiary/aromatic N) is 1. The van der Waals surface area contributed by atoms with Gasteiger partial charge in [-0.1, -0.05) is 6.07 Å². The van der Waals surface area contributed by atoms with Gasteiger partial charge in [-0.3, -0.25) is 0 Å². The minimum Gasteiger partial charge on any atom is -0.457 e. The van der Waals surface area contributed by atoms with E-state index in [1.807, 2.05) is 0 Å². The molecule has 0 saturated heterocycles. The number of fused-ring (bicyclic) bond motifs is 1. The van der Waals surface area contributed by atoms with Crippen LogP contribution in [0.4, 0.5) is 0 Å². The first-order chi connectivity index (χ1) is 10.2. The van der Waals surface area contributed by atoms with Crippen LogP contribution in [0, 0.1) is 11.3 Å². The molecule has 0 aliphatic carbocycles. The number of aliphatic hydroxyl groups excluding tert-OH is 1. The highest BCUT2D eigenvalue weighted by molar-refractivity contribution is 5.50. The molecule has 0 spiro atoms. The number of nitriles is 1. The fourth-order valence-corrected chi connectivity index (χ4v) is 2.10. The molecule has 1 heterocycles. The van der Waals surface area contributed by atoms with Crippen LogP contribution in [0.15, 0.2) is 36.4 Å². The zero-order valence-corrected chi connectivity index (χ0v) is 11.4. The highest BCUT2D eigenvalue weighted by Crippen LogP contribution is 2.38. The Kier molecular flexibility index (Phi) is 3.38. The topological polar surface area (TPSA) is 71.7 Å². The average molecular weight is 283 g/mol. The summed E-state index contributed by atoms with van der Waals surface area (Å²) >= 11 is 0. The molecular formula is C16H13NO4. The first-order valence-electron chi connectivity index (χ1n) is 6.47. The third-order valence-corrected chi connectivity index (χ3v) is 3.16. The Hall–Kier alpha value is -2.71. The van der Waals surface area contributed by atoms with Gasteiger partial charge in [0.05, 0.1) is 17.7 Å². The van der Waals surface area contributed by atoms with Crippen LogP contribution in [-0.4, -0.2) is 11.9 Å². The summed E-state index contributed by atoms with van der Waals surface area (Å²) < 4.78 is 16.3. The van der Waals surface area contributed by atoms with Crippen LogP contribution in [0.2, 0.25) is 0 Å². The van der Waals surface area contributed by atoms with Gasteiger partial charge >= 0.3 is 0 Å². The summed E-state index contributed by atoms with van der Waals surface area (Å²) in [6.07, 6.45) is -0.693. The van der Waals surface area contributed by atoms with E-state index in [1.54, 1.807) is 43.3 Å². The largest absolute Gasteiger partial charge is 0.457 e. The summed E-state index contributed by atoms with van der Waals surface area (Å²) in [4.78, 5) is 0. The lowest BCUT2D eigenvalue weighted by atomic mass is 10.1. The molecule has 1 aliphatic rings. The van der Waals surface area contributed by atoms with Crippen molar-refractivity contribution in [3.05, 3.63) is 47.5 Å². The van der Waals surface area contributed by atoms with Gasteiger partial charge in [-0.25, -0.2) is 0 Å². The van der Waals surface area contributed by atoms with E-state index in [9.17, 15) is 5.11 Å². The highest BCUT2D eigenvalue weighted by Gasteiger charge is 2.16. The minimum absolute atomic E-state index is 0.196. The molecule has 3 rings (SSSR count). The maximum atomic E-state index is 9.79. The second-order valence-electron chi connectivity index (χ2n) is 4.66. The lowest BCUT2D eigenvalue weighted by molar-refractivity contribution is 0.174. The molecule has 1 aliphatic heterocycles. The zero-order chi connectivity index (χ0) is 14.8. The molecule has 0 aromatic heterocycles.